The minimum Gasteiger partial charge on any atom is -0.258 e. The van der Waals surface area contributed by atoms with Crippen LogP contribution in [-0.4, -0.2) is 15.4 Å². The molecule has 0 N–H and O–H groups in total. The highest BCUT2D eigenvalue weighted by atomic mass is 32.2. The molecular formula is C7H7NO3S. The maximum absolute atomic E-state index is 10.9. The number of nitrogens with zero attached hydrogens (tertiary/aromatic N) is 1. The van der Waals surface area contributed by atoms with Gasteiger partial charge in [-0.1, -0.05) is 6.07 Å². The van der Waals surface area contributed by atoms with Crippen molar-refractivity contribution in [2.45, 2.75) is 4.90 Å². The van der Waals surface area contributed by atoms with Crippen LogP contribution in [0.3, 0.4) is 0 Å². The van der Waals surface area contributed by atoms with Crippen molar-refractivity contribution in [3.63, 3.8) is 0 Å². The number of benzene rings is 1. The van der Waals surface area contributed by atoms with Crippen LogP contribution in [0.2, 0.25) is 0 Å². The zero-order valence-electron chi connectivity index (χ0n) is 6.39. The molecule has 0 heterocycles. The third kappa shape index (κ3) is 1.88. The van der Waals surface area contributed by atoms with Crippen LogP contribution in [-0.2, 0) is 10.8 Å². The molecule has 0 aliphatic rings. The van der Waals surface area contributed by atoms with Crippen molar-refractivity contribution in [1.82, 2.24) is 0 Å². The minimum atomic E-state index is -1.16. The molecule has 0 amide bonds. The van der Waals surface area contributed by atoms with Crippen LogP contribution >= 0.6 is 0 Å². The first-order valence-electron chi connectivity index (χ1n) is 3.19. The van der Waals surface area contributed by atoms with E-state index in [-0.39, 0.29) is 5.69 Å². The van der Waals surface area contributed by atoms with Gasteiger partial charge in [-0.25, -0.2) is 0 Å². The smallest absolute Gasteiger partial charge is 0.258 e. The van der Waals surface area contributed by atoms with Crippen molar-refractivity contribution in [3.05, 3.63) is 34.4 Å². The van der Waals surface area contributed by atoms with Gasteiger partial charge in [0.2, 0.25) is 0 Å². The molecule has 4 nitrogen and oxygen atoms in total. The Morgan fingerprint density at radius 1 is 1.50 bits per heavy atom. The molecule has 64 valence electrons. The van der Waals surface area contributed by atoms with Crippen molar-refractivity contribution in [3.8, 4) is 0 Å². The maximum atomic E-state index is 10.9. The molecule has 1 rings (SSSR count). The first kappa shape index (κ1) is 8.86. The van der Waals surface area contributed by atoms with Gasteiger partial charge in [0.05, 0.1) is 15.7 Å². The lowest BCUT2D eigenvalue weighted by atomic mass is 10.3. The number of rotatable bonds is 2. The summed E-state index contributed by atoms with van der Waals surface area (Å²) >= 11 is 0. The van der Waals surface area contributed by atoms with Crippen molar-refractivity contribution in [2.75, 3.05) is 6.26 Å². The molecule has 0 aromatic heterocycles. The van der Waals surface area contributed by atoms with Crippen LogP contribution in [0.4, 0.5) is 5.69 Å². The lowest BCUT2D eigenvalue weighted by molar-refractivity contribution is -0.385. The zero-order valence-corrected chi connectivity index (χ0v) is 7.21. The van der Waals surface area contributed by atoms with Crippen LogP contribution < -0.4 is 0 Å². The molecule has 0 spiro atoms. The highest BCUT2D eigenvalue weighted by Gasteiger charge is 2.06. The Balaban J connectivity index is 3.12. The molecule has 0 fully saturated rings. The van der Waals surface area contributed by atoms with Crippen LogP contribution in [0.15, 0.2) is 29.2 Å². The fourth-order valence-electron chi connectivity index (χ4n) is 0.776. The van der Waals surface area contributed by atoms with E-state index >= 15 is 0 Å². The molecule has 1 atom stereocenters. The summed E-state index contributed by atoms with van der Waals surface area (Å²) < 4.78 is 10.9. The first-order chi connectivity index (χ1) is 5.61. The van der Waals surface area contributed by atoms with E-state index < -0.39 is 15.7 Å². The van der Waals surface area contributed by atoms with Gasteiger partial charge >= 0.3 is 0 Å². The summed E-state index contributed by atoms with van der Waals surface area (Å²) in [4.78, 5) is 10.3. The number of non-ortho nitro benzene ring substituents is 1. The Hall–Kier alpha value is -1.23. The van der Waals surface area contributed by atoms with Crippen molar-refractivity contribution in [2.24, 2.45) is 0 Å². The highest BCUT2D eigenvalue weighted by molar-refractivity contribution is 7.84. The van der Waals surface area contributed by atoms with Gasteiger partial charge in [0.15, 0.2) is 0 Å². The van der Waals surface area contributed by atoms with Crippen LogP contribution in [0.1, 0.15) is 0 Å². The van der Waals surface area contributed by atoms with E-state index in [0.29, 0.717) is 4.90 Å². The monoisotopic (exact) mass is 185 g/mol. The molecule has 0 aliphatic heterocycles. The molecule has 5 heteroatoms. The van der Waals surface area contributed by atoms with E-state index in [9.17, 15) is 14.3 Å². The topological polar surface area (TPSA) is 60.2 Å². The van der Waals surface area contributed by atoms with E-state index in [1.54, 1.807) is 6.07 Å². The highest BCUT2D eigenvalue weighted by Crippen LogP contribution is 2.14. The van der Waals surface area contributed by atoms with E-state index in [1.807, 2.05) is 0 Å². The molecule has 0 aliphatic carbocycles. The van der Waals surface area contributed by atoms with Crippen molar-refractivity contribution >= 4 is 16.5 Å². The fourth-order valence-corrected chi connectivity index (χ4v) is 1.33. The summed E-state index contributed by atoms with van der Waals surface area (Å²) in [5, 5.41) is 10.3. The van der Waals surface area contributed by atoms with Crippen LogP contribution in [0.5, 0.6) is 0 Å². The Morgan fingerprint density at radius 3 is 2.67 bits per heavy atom. The number of hydrogen-bond donors (Lipinski definition) is 0. The molecule has 1 aromatic rings. The Bertz CT molecular complexity index is 308. The van der Waals surface area contributed by atoms with Crippen molar-refractivity contribution < 1.29 is 9.13 Å². The first-order valence-corrected chi connectivity index (χ1v) is 4.75. The second-order valence-electron chi connectivity index (χ2n) is 2.21. The molecule has 0 saturated heterocycles. The average molecular weight is 185 g/mol. The lowest BCUT2D eigenvalue weighted by Crippen LogP contribution is -1.91. The summed E-state index contributed by atoms with van der Waals surface area (Å²) in [6, 6.07) is 5.81. The molecule has 0 radical (unpaired) electrons. The molecule has 12 heavy (non-hydrogen) atoms. The summed E-state index contributed by atoms with van der Waals surface area (Å²) in [5.74, 6) is 0. The third-order valence-electron chi connectivity index (χ3n) is 1.36. The summed E-state index contributed by atoms with van der Waals surface area (Å²) in [6.07, 6.45) is 1.49. The Morgan fingerprint density at radius 2 is 2.17 bits per heavy atom. The Labute approximate surface area is 71.8 Å². The fraction of sp³-hybridized carbons (Fsp3) is 0.143. The molecule has 0 unspecified atom stereocenters. The SMILES string of the molecule is C[S@](=O)c1cccc([N+](=O)[O-])c1. The van der Waals surface area contributed by atoms with E-state index in [0.717, 1.165) is 0 Å². The third-order valence-corrected chi connectivity index (χ3v) is 2.28. The van der Waals surface area contributed by atoms with Gasteiger partial charge in [-0.15, -0.1) is 0 Å². The average Bonchev–Trinajstić information content (AvgIpc) is 2.04. The summed E-state index contributed by atoms with van der Waals surface area (Å²) in [6.45, 7) is 0. The van der Waals surface area contributed by atoms with Crippen LogP contribution in [0, 0.1) is 10.1 Å². The van der Waals surface area contributed by atoms with Crippen molar-refractivity contribution in [1.29, 1.82) is 0 Å². The standard InChI is InChI=1S/C7H7NO3S/c1-12(11)7-4-2-3-6(5-7)8(9)10/h2-5H,1H3/t12-/m0/s1. The predicted octanol–water partition coefficient (Wildman–Crippen LogP) is 1.33. The molecular weight excluding hydrogens is 178 g/mol. The van der Waals surface area contributed by atoms with Gasteiger partial charge in [0, 0.05) is 23.3 Å². The second kappa shape index (κ2) is 3.44. The predicted molar refractivity (Wildman–Crippen MR) is 45.4 cm³/mol. The van der Waals surface area contributed by atoms with E-state index in [1.165, 1.54) is 24.5 Å². The number of nitro benzene ring substituents is 1. The zero-order chi connectivity index (χ0) is 9.14. The lowest BCUT2D eigenvalue weighted by Gasteiger charge is -1.94. The number of nitro groups is 1. The number of hydrogen-bond acceptors (Lipinski definition) is 3. The van der Waals surface area contributed by atoms with E-state index in [2.05, 4.69) is 0 Å². The molecule has 0 saturated carbocycles. The Kier molecular flexibility index (Phi) is 2.54. The largest absolute Gasteiger partial charge is 0.270 e. The van der Waals surface area contributed by atoms with Gasteiger partial charge in [-0.2, -0.15) is 0 Å². The normalized spacial score (nSPS) is 12.4. The summed E-state index contributed by atoms with van der Waals surface area (Å²) in [7, 11) is -1.16. The quantitative estimate of drug-likeness (QED) is 0.516. The van der Waals surface area contributed by atoms with Gasteiger partial charge in [0.25, 0.3) is 5.69 Å². The summed E-state index contributed by atoms with van der Waals surface area (Å²) in [5.41, 5.74) is -0.0253. The van der Waals surface area contributed by atoms with E-state index in [4.69, 9.17) is 0 Å². The van der Waals surface area contributed by atoms with Gasteiger partial charge < -0.3 is 0 Å². The minimum absolute atomic E-state index is 0.0253. The van der Waals surface area contributed by atoms with Gasteiger partial charge in [-0.3, -0.25) is 14.3 Å². The second-order valence-corrected chi connectivity index (χ2v) is 3.59. The molecule has 1 aromatic carbocycles. The van der Waals surface area contributed by atoms with Gasteiger partial charge in [-0.05, 0) is 6.07 Å². The molecule has 0 bridgehead atoms. The maximum Gasteiger partial charge on any atom is 0.270 e. The van der Waals surface area contributed by atoms with Gasteiger partial charge in [0.1, 0.15) is 0 Å². The van der Waals surface area contributed by atoms with Crippen LogP contribution in [0.25, 0.3) is 0 Å².